The van der Waals surface area contributed by atoms with Crippen LogP contribution in [0, 0.1) is 5.41 Å². The first-order valence-corrected chi connectivity index (χ1v) is 13.5. The van der Waals surface area contributed by atoms with Gasteiger partial charge in [0.05, 0.1) is 27.1 Å². The van der Waals surface area contributed by atoms with E-state index < -0.39 is 31.6 Å². The first-order valence-electron chi connectivity index (χ1n) is 10.6. The third-order valence-corrected chi connectivity index (χ3v) is 11.0. The lowest BCUT2D eigenvalue weighted by atomic mass is 9.66. The first kappa shape index (κ1) is 25.6. The number of hydrogen-bond donors (Lipinski definition) is 0. The van der Waals surface area contributed by atoms with Crippen molar-refractivity contribution in [3.05, 3.63) is 47.2 Å². The molecule has 1 aliphatic carbocycles. The van der Waals surface area contributed by atoms with Crippen molar-refractivity contribution < 1.29 is 33.0 Å². The minimum Gasteiger partial charge on any atom is -0.546 e. The molecule has 1 unspecified atom stereocenters. The summed E-state index contributed by atoms with van der Waals surface area (Å²) < 4.78 is 21.7. The van der Waals surface area contributed by atoms with Gasteiger partial charge in [0.2, 0.25) is 13.7 Å². The van der Waals surface area contributed by atoms with Gasteiger partial charge in [-0.3, -0.25) is 9.59 Å². The first-order chi connectivity index (χ1) is 14.9. The molecule has 0 saturated heterocycles. The van der Waals surface area contributed by atoms with Crippen LogP contribution in [0.1, 0.15) is 45.1 Å². The Labute approximate surface area is 191 Å². The quantitative estimate of drug-likeness (QED) is 0.269. The molecule has 176 valence electrons. The fourth-order valence-electron chi connectivity index (χ4n) is 3.82. The molecule has 0 bridgehead atoms. The average molecular weight is 463 g/mol. The van der Waals surface area contributed by atoms with Crippen LogP contribution in [0.3, 0.4) is 0 Å². The summed E-state index contributed by atoms with van der Waals surface area (Å²) in [6, 6.07) is 9.53. The molecule has 0 aromatic heterocycles. The molecule has 0 radical (unpaired) electrons. The highest BCUT2D eigenvalue weighted by Crippen LogP contribution is 2.51. The Morgan fingerprint density at radius 2 is 1.47 bits per heavy atom. The van der Waals surface area contributed by atoms with Crippen LogP contribution in [0.2, 0.25) is 18.1 Å². The van der Waals surface area contributed by atoms with E-state index >= 15 is 0 Å². The van der Waals surface area contributed by atoms with Gasteiger partial charge in [-0.2, -0.15) is 0 Å². The molecule has 8 heteroatoms. The lowest BCUT2D eigenvalue weighted by Crippen LogP contribution is -2.50. The summed E-state index contributed by atoms with van der Waals surface area (Å²) in [4.78, 5) is 39.4. The topological polar surface area (TPSA) is 88.1 Å². The van der Waals surface area contributed by atoms with Crippen LogP contribution in [0.4, 0.5) is 0 Å². The number of ether oxygens (including phenoxy) is 3. The molecule has 1 atom stereocenters. The van der Waals surface area contributed by atoms with Crippen LogP contribution >= 0.6 is 0 Å². The molecule has 1 aromatic rings. The number of methoxy groups -OCH3 is 3. The zero-order chi connectivity index (χ0) is 24.3. The molecule has 7 nitrogen and oxygen atoms in total. The van der Waals surface area contributed by atoms with Crippen molar-refractivity contribution in [2.75, 3.05) is 21.3 Å². The normalized spacial score (nSPS) is 18.6. The molecule has 0 fully saturated rings. The van der Waals surface area contributed by atoms with Gasteiger partial charge in [0.15, 0.2) is 0 Å². The van der Waals surface area contributed by atoms with Gasteiger partial charge >= 0.3 is 17.9 Å². The van der Waals surface area contributed by atoms with Crippen molar-refractivity contribution >= 4 is 26.2 Å². The minimum atomic E-state index is -2.45. The Hall–Kier alpha value is -2.61. The van der Waals surface area contributed by atoms with Crippen LogP contribution in [-0.4, -0.2) is 47.6 Å². The second-order valence-corrected chi connectivity index (χ2v) is 14.3. The van der Waals surface area contributed by atoms with E-state index in [2.05, 4.69) is 20.8 Å². The Balaban J connectivity index is 2.86. The van der Waals surface area contributed by atoms with Gasteiger partial charge in [-0.15, -0.1) is 0 Å². The van der Waals surface area contributed by atoms with Gasteiger partial charge in [0.25, 0.3) is 0 Å². The molecule has 32 heavy (non-hydrogen) atoms. The number of esters is 3. The smallest absolute Gasteiger partial charge is 0.338 e. The van der Waals surface area contributed by atoms with Gasteiger partial charge in [-0.05, 0) is 36.0 Å². The maximum Gasteiger partial charge on any atom is 0.338 e. The van der Waals surface area contributed by atoms with Gasteiger partial charge in [-0.1, -0.05) is 51.1 Å². The maximum atomic E-state index is 13.2. The second-order valence-electron chi connectivity index (χ2n) is 9.56. The summed E-state index contributed by atoms with van der Waals surface area (Å²) in [6.07, 6.45) is 0.349. The number of rotatable bonds is 6. The summed E-state index contributed by atoms with van der Waals surface area (Å²) in [5.74, 6) is -2.54. The number of benzene rings is 1. The number of carbonyl (C=O) groups is 3. The van der Waals surface area contributed by atoms with Crippen molar-refractivity contribution in [1.82, 2.24) is 0 Å². The highest BCUT2D eigenvalue weighted by Gasteiger charge is 2.60. The second kappa shape index (κ2) is 9.48. The molecule has 1 aliphatic rings. The highest BCUT2D eigenvalue weighted by molar-refractivity contribution is 6.74. The summed E-state index contributed by atoms with van der Waals surface area (Å²) in [7, 11) is 1.13. The number of hydrogen-bond acceptors (Lipinski definition) is 7. The maximum absolute atomic E-state index is 13.2. The molecule has 0 amide bonds. The van der Waals surface area contributed by atoms with Gasteiger partial charge in [0.1, 0.15) is 5.57 Å². The zero-order valence-corrected chi connectivity index (χ0v) is 21.2. The van der Waals surface area contributed by atoms with Crippen molar-refractivity contribution in [2.24, 2.45) is 5.41 Å². The van der Waals surface area contributed by atoms with Crippen LogP contribution < -0.4 is 0 Å². The standard InChI is InChI=1S/C24H34O7Si/c1-23(2,3)32(7,8)31-18-14-17(16-12-10-9-11-13-16)15-24(21(26)29-5,22(27)30-6)19(18)20(25)28-4/h9-13,17H,14-15H2,1-8H3. The molecule has 0 aliphatic heterocycles. The van der Waals surface area contributed by atoms with Crippen molar-refractivity contribution in [3.63, 3.8) is 0 Å². The Morgan fingerprint density at radius 3 is 1.91 bits per heavy atom. The van der Waals surface area contributed by atoms with Crippen LogP contribution in [0.15, 0.2) is 41.7 Å². The predicted molar refractivity (Wildman–Crippen MR) is 122 cm³/mol. The summed E-state index contributed by atoms with van der Waals surface area (Å²) >= 11 is 0. The minimum absolute atomic E-state index is 0.00511. The van der Waals surface area contributed by atoms with E-state index in [-0.39, 0.29) is 23.0 Å². The van der Waals surface area contributed by atoms with E-state index in [4.69, 9.17) is 18.6 Å². The lowest BCUT2D eigenvalue weighted by molar-refractivity contribution is -0.170. The van der Waals surface area contributed by atoms with E-state index in [1.54, 1.807) is 0 Å². The summed E-state index contributed by atoms with van der Waals surface area (Å²) in [5, 5.41) is -0.180. The van der Waals surface area contributed by atoms with Gasteiger partial charge in [0, 0.05) is 6.42 Å². The zero-order valence-electron chi connectivity index (χ0n) is 20.2. The molecule has 0 spiro atoms. The average Bonchev–Trinajstić information content (AvgIpc) is 2.76. The van der Waals surface area contributed by atoms with E-state index in [1.807, 2.05) is 43.4 Å². The van der Waals surface area contributed by atoms with E-state index in [9.17, 15) is 14.4 Å². The van der Waals surface area contributed by atoms with E-state index in [0.717, 1.165) is 5.56 Å². The fraction of sp³-hybridized carbons (Fsp3) is 0.542. The Bertz CT molecular complexity index is 881. The highest BCUT2D eigenvalue weighted by atomic mass is 28.4. The predicted octanol–water partition coefficient (Wildman–Crippen LogP) is 4.35. The monoisotopic (exact) mass is 462 g/mol. The van der Waals surface area contributed by atoms with Crippen molar-refractivity contribution in [1.29, 1.82) is 0 Å². The van der Waals surface area contributed by atoms with E-state index in [0.29, 0.717) is 12.2 Å². The summed E-state index contributed by atoms with van der Waals surface area (Å²) in [5.41, 5.74) is -1.20. The molecule has 1 aromatic carbocycles. The van der Waals surface area contributed by atoms with E-state index in [1.165, 1.54) is 21.3 Å². The number of carbonyl (C=O) groups excluding carboxylic acids is 3. The fourth-order valence-corrected chi connectivity index (χ4v) is 4.92. The molecule has 0 heterocycles. The van der Waals surface area contributed by atoms with Crippen LogP contribution in [-0.2, 0) is 33.0 Å². The molecule has 0 N–H and O–H groups in total. The van der Waals surface area contributed by atoms with Crippen molar-refractivity contribution in [2.45, 2.75) is 57.7 Å². The Morgan fingerprint density at radius 1 is 0.938 bits per heavy atom. The number of allylic oxidation sites excluding steroid dienone is 1. The Kier molecular flexibility index (Phi) is 7.60. The third kappa shape index (κ3) is 4.60. The largest absolute Gasteiger partial charge is 0.546 e. The SMILES string of the molecule is COC(=O)C1=C(O[Si](C)(C)C(C)(C)C)CC(c2ccccc2)CC1(C(=O)OC)C(=O)OC. The molecular formula is C24H34O7Si. The molecule has 2 rings (SSSR count). The third-order valence-electron chi connectivity index (χ3n) is 6.60. The van der Waals surface area contributed by atoms with Gasteiger partial charge < -0.3 is 18.6 Å². The summed E-state index contributed by atoms with van der Waals surface area (Å²) in [6.45, 7) is 10.3. The van der Waals surface area contributed by atoms with Gasteiger partial charge in [-0.25, -0.2) is 4.79 Å². The van der Waals surface area contributed by atoms with Crippen LogP contribution in [0.5, 0.6) is 0 Å². The van der Waals surface area contributed by atoms with Crippen LogP contribution in [0.25, 0.3) is 0 Å². The lowest BCUT2D eigenvalue weighted by Gasteiger charge is -2.43. The molecular weight excluding hydrogens is 428 g/mol. The van der Waals surface area contributed by atoms with Crippen molar-refractivity contribution in [3.8, 4) is 0 Å². The molecule has 0 saturated carbocycles.